The zero-order valence-corrected chi connectivity index (χ0v) is 26.5. The second kappa shape index (κ2) is 16.3. The van der Waals surface area contributed by atoms with Crippen LogP contribution >= 0.6 is 0 Å². The van der Waals surface area contributed by atoms with Gasteiger partial charge in [0.05, 0.1) is 17.3 Å². The van der Waals surface area contributed by atoms with Gasteiger partial charge in [-0.3, -0.25) is 9.59 Å². The number of rotatable bonds is 16. The first kappa shape index (κ1) is 35.9. The Bertz CT molecular complexity index is 1660. The molecule has 14 heteroatoms. The van der Waals surface area contributed by atoms with Crippen LogP contribution in [0.5, 0.6) is 0 Å². The van der Waals surface area contributed by atoms with Crippen LogP contribution in [-0.2, 0) is 28.7 Å². The van der Waals surface area contributed by atoms with Crippen LogP contribution in [0.25, 0.3) is 22.3 Å². The van der Waals surface area contributed by atoms with Gasteiger partial charge < -0.3 is 19.1 Å². The standard InChI is InChI=1S/C35H32F2N2O10/c1-23(27-13-15-29(31(36)17-27)25-9-5-3-6-10-25)33(40)46-19-35(21-48-38(42)43,22-49-39(44)45)20-47-34(41)24(2)28-14-16-30(32(37)18-28)26-11-7-4-8-12-26/h3-18,23-24H,19-22H2,1-2H3/t23-,24-/m0/s1. The molecule has 4 aromatic rings. The second-order valence-corrected chi connectivity index (χ2v) is 11.4. The molecular formula is C35H32F2N2O10. The third-order valence-corrected chi connectivity index (χ3v) is 7.86. The van der Waals surface area contributed by atoms with Crippen LogP contribution in [0.4, 0.5) is 8.78 Å². The number of carbonyl (C=O) groups excluding carboxylic acids is 2. The molecule has 0 aromatic heterocycles. The lowest BCUT2D eigenvalue weighted by molar-refractivity contribution is -0.772. The van der Waals surface area contributed by atoms with E-state index in [4.69, 9.17) is 9.47 Å². The van der Waals surface area contributed by atoms with Crippen LogP contribution in [0.2, 0.25) is 0 Å². The summed E-state index contributed by atoms with van der Waals surface area (Å²) in [4.78, 5) is 57.3. The van der Waals surface area contributed by atoms with Crippen molar-refractivity contribution in [3.05, 3.63) is 140 Å². The average Bonchev–Trinajstić information content (AvgIpc) is 3.10. The molecule has 49 heavy (non-hydrogen) atoms. The summed E-state index contributed by atoms with van der Waals surface area (Å²) in [5, 5.41) is 19.8. The van der Waals surface area contributed by atoms with Crippen LogP contribution in [0.3, 0.4) is 0 Å². The SMILES string of the molecule is C[C@H](C(=O)OCC(COC(=O)[C@@H](C)c1ccc(-c2ccccc2)c(F)c1)(CO[N+](=O)[O-])CO[N+](=O)[O-])c1ccc(-c2ccccc2)c(F)c1. The van der Waals surface area contributed by atoms with Crippen molar-refractivity contribution >= 4 is 11.9 Å². The number of carbonyl (C=O) groups is 2. The molecule has 12 nitrogen and oxygen atoms in total. The predicted molar refractivity (Wildman–Crippen MR) is 171 cm³/mol. The lowest BCUT2D eigenvalue weighted by Crippen LogP contribution is -2.44. The molecule has 0 amide bonds. The van der Waals surface area contributed by atoms with Crippen LogP contribution in [0, 0.1) is 37.3 Å². The van der Waals surface area contributed by atoms with Crippen molar-refractivity contribution in [2.75, 3.05) is 26.4 Å². The molecular weight excluding hydrogens is 646 g/mol. The maximum Gasteiger partial charge on any atom is 0.313 e. The fourth-order valence-corrected chi connectivity index (χ4v) is 4.90. The molecule has 0 aliphatic carbocycles. The number of hydrogen-bond acceptors (Lipinski definition) is 10. The fourth-order valence-electron chi connectivity index (χ4n) is 4.90. The largest absolute Gasteiger partial charge is 0.464 e. The Hall–Kier alpha value is -5.92. The van der Waals surface area contributed by atoms with Crippen molar-refractivity contribution in [3.8, 4) is 22.3 Å². The Balaban J connectivity index is 1.49. The van der Waals surface area contributed by atoms with Gasteiger partial charge in [0.15, 0.2) is 0 Å². The molecule has 0 saturated carbocycles. The van der Waals surface area contributed by atoms with Crippen molar-refractivity contribution in [3.63, 3.8) is 0 Å². The van der Waals surface area contributed by atoms with Gasteiger partial charge in [0.25, 0.3) is 10.2 Å². The topological polar surface area (TPSA) is 157 Å². The van der Waals surface area contributed by atoms with Crippen LogP contribution in [-0.4, -0.2) is 48.5 Å². The molecule has 0 unspecified atom stereocenters. The molecule has 0 aliphatic heterocycles. The van der Waals surface area contributed by atoms with E-state index in [0.717, 1.165) is 0 Å². The predicted octanol–water partition coefficient (Wildman–Crippen LogP) is 6.70. The van der Waals surface area contributed by atoms with E-state index in [1.807, 2.05) is 0 Å². The summed E-state index contributed by atoms with van der Waals surface area (Å²) in [6, 6.07) is 25.9. The van der Waals surface area contributed by atoms with Crippen molar-refractivity contribution in [1.82, 2.24) is 0 Å². The average molecular weight is 679 g/mol. The summed E-state index contributed by atoms with van der Waals surface area (Å²) in [6.07, 6.45) is 0. The van der Waals surface area contributed by atoms with Gasteiger partial charge in [0.1, 0.15) is 38.1 Å². The Morgan fingerprint density at radius 1 is 0.633 bits per heavy atom. The summed E-state index contributed by atoms with van der Waals surface area (Å²) in [5.74, 6) is -5.08. The summed E-state index contributed by atoms with van der Waals surface area (Å²) in [6.45, 7) is -0.567. The zero-order valence-electron chi connectivity index (χ0n) is 26.5. The highest BCUT2D eigenvalue weighted by atomic mass is 19.1. The van der Waals surface area contributed by atoms with Crippen molar-refractivity contribution < 1.29 is 47.7 Å². The molecule has 0 radical (unpaired) electrons. The number of benzene rings is 4. The quantitative estimate of drug-likeness (QED) is 0.0710. The van der Waals surface area contributed by atoms with E-state index in [2.05, 4.69) is 9.68 Å². The molecule has 4 aromatic carbocycles. The van der Waals surface area contributed by atoms with Crippen molar-refractivity contribution in [2.45, 2.75) is 25.7 Å². The van der Waals surface area contributed by atoms with Crippen molar-refractivity contribution in [1.29, 1.82) is 0 Å². The third-order valence-electron chi connectivity index (χ3n) is 7.86. The van der Waals surface area contributed by atoms with Gasteiger partial charge in [0.2, 0.25) is 0 Å². The molecule has 0 aliphatic rings. The van der Waals surface area contributed by atoms with E-state index >= 15 is 0 Å². The third kappa shape index (κ3) is 9.56. The monoisotopic (exact) mass is 678 g/mol. The minimum atomic E-state index is -1.93. The summed E-state index contributed by atoms with van der Waals surface area (Å²) in [7, 11) is 0. The summed E-state index contributed by atoms with van der Waals surface area (Å²) >= 11 is 0. The lowest BCUT2D eigenvalue weighted by atomic mass is 9.91. The van der Waals surface area contributed by atoms with Gasteiger partial charge >= 0.3 is 11.9 Å². The van der Waals surface area contributed by atoms with Crippen LogP contribution < -0.4 is 0 Å². The van der Waals surface area contributed by atoms with Gasteiger partial charge in [-0.15, -0.1) is 20.2 Å². The first-order valence-corrected chi connectivity index (χ1v) is 15.0. The maximum absolute atomic E-state index is 15.0. The fraction of sp³-hybridized carbons (Fsp3) is 0.257. The zero-order chi connectivity index (χ0) is 35.6. The summed E-state index contributed by atoms with van der Waals surface area (Å²) < 4.78 is 40.7. The smallest absolute Gasteiger partial charge is 0.313 e. The molecule has 0 bridgehead atoms. The second-order valence-electron chi connectivity index (χ2n) is 11.4. The molecule has 0 fully saturated rings. The molecule has 2 atom stereocenters. The Labute approximate surface area is 279 Å². The normalized spacial score (nSPS) is 12.3. The molecule has 0 saturated heterocycles. The molecule has 0 N–H and O–H groups in total. The Kier molecular flexibility index (Phi) is 11.9. The molecule has 0 spiro atoms. The van der Waals surface area contributed by atoms with E-state index < -0.39 is 77.4 Å². The minimum Gasteiger partial charge on any atom is -0.464 e. The molecule has 4 rings (SSSR count). The minimum absolute atomic E-state index is 0.252. The van der Waals surface area contributed by atoms with E-state index in [1.165, 1.54) is 50.2 Å². The van der Waals surface area contributed by atoms with Gasteiger partial charge in [-0.1, -0.05) is 84.9 Å². The van der Waals surface area contributed by atoms with E-state index in [9.17, 15) is 38.6 Å². The Morgan fingerprint density at radius 3 is 1.33 bits per heavy atom. The molecule has 0 heterocycles. The number of nitrogens with zero attached hydrogens (tertiary/aromatic N) is 2. The highest BCUT2D eigenvalue weighted by molar-refractivity contribution is 5.79. The van der Waals surface area contributed by atoms with E-state index in [-0.39, 0.29) is 11.1 Å². The van der Waals surface area contributed by atoms with Crippen LogP contribution in [0.15, 0.2) is 97.1 Å². The highest BCUT2D eigenvalue weighted by Crippen LogP contribution is 2.30. The summed E-state index contributed by atoms with van der Waals surface area (Å²) in [5.41, 5.74) is 0.439. The van der Waals surface area contributed by atoms with E-state index in [0.29, 0.717) is 22.3 Å². The number of esters is 2. The van der Waals surface area contributed by atoms with Gasteiger partial charge in [-0.05, 0) is 48.2 Å². The van der Waals surface area contributed by atoms with Crippen molar-refractivity contribution in [2.24, 2.45) is 5.41 Å². The first-order chi connectivity index (χ1) is 23.4. The van der Waals surface area contributed by atoms with Gasteiger partial charge in [0, 0.05) is 11.1 Å². The number of ether oxygens (including phenoxy) is 2. The molecule has 256 valence electrons. The van der Waals surface area contributed by atoms with Gasteiger partial charge in [-0.25, -0.2) is 8.78 Å². The number of hydrogen-bond donors (Lipinski definition) is 0. The van der Waals surface area contributed by atoms with Gasteiger partial charge in [-0.2, -0.15) is 0 Å². The highest BCUT2D eigenvalue weighted by Gasteiger charge is 2.38. The van der Waals surface area contributed by atoms with Crippen LogP contribution in [0.1, 0.15) is 36.8 Å². The Morgan fingerprint density at radius 2 is 1.00 bits per heavy atom. The maximum atomic E-state index is 15.0. The van der Waals surface area contributed by atoms with E-state index in [1.54, 1.807) is 60.7 Å². The number of halogens is 2. The lowest BCUT2D eigenvalue weighted by Gasteiger charge is -2.31. The first-order valence-electron chi connectivity index (χ1n) is 15.0.